The van der Waals surface area contributed by atoms with Crippen LogP contribution in [0.4, 0.5) is 5.69 Å². The first-order valence-corrected chi connectivity index (χ1v) is 10.1. The molecular formula is C22H20ClN5O3. The molecule has 0 spiro atoms. The van der Waals surface area contributed by atoms with E-state index in [1.807, 2.05) is 24.3 Å². The molecule has 31 heavy (non-hydrogen) atoms. The summed E-state index contributed by atoms with van der Waals surface area (Å²) < 4.78 is 8.08. The number of fused-ring (bicyclic) bond motifs is 1. The molecule has 1 amide bonds. The Balaban J connectivity index is 1.55. The highest BCUT2D eigenvalue weighted by atomic mass is 35.5. The van der Waals surface area contributed by atoms with Crippen molar-refractivity contribution in [2.45, 2.75) is 26.3 Å². The highest BCUT2D eigenvalue weighted by molar-refractivity contribution is 6.30. The maximum Gasteiger partial charge on any atom is 0.351 e. The van der Waals surface area contributed by atoms with Gasteiger partial charge in [-0.3, -0.25) is 4.79 Å². The number of benzene rings is 2. The van der Waals surface area contributed by atoms with Gasteiger partial charge in [-0.2, -0.15) is 0 Å². The summed E-state index contributed by atoms with van der Waals surface area (Å²) in [6.45, 7) is 3.95. The number of nitrogens with one attached hydrogen (secondary N) is 1. The zero-order valence-electron chi connectivity index (χ0n) is 16.9. The predicted octanol–water partition coefficient (Wildman–Crippen LogP) is 4.10. The number of carbonyl (C=O) groups is 1. The first kappa shape index (κ1) is 20.6. The van der Waals surface area contributed by atoms with E-state index in [9.17, 15) is 9.59 Å². The first-order valence-electron chi connectivity index (χ1n) is 9.68. The molecule has 0 saturated heterocycles. The van der Waals surface area contributed by atoms with Crippen molar-refractivity contribution < 1.29 is 9.53 Å². The SMILES string of the molecule is CC(C)c1ccc(NC(=O)Cn2nc3c(Oc4cccc(Cl)c4)nccn3c2=O)cc1. The van der Waals surface area contributed by atoms with Crippen LogP contribution in [-0.4, -0.2) is 25.1 Å². The van der Waals surface area contributed by atoms with Gasteiger partial charge < -0.3 is 10.1 Å². The van der Waals surface area contributed by atoms with Crippen molar-refractivity contribution in [1.29, 1.82) is 0 Å². The summed E-state index contributed by atoms with van der Waals surface area (Å²) in [6, 6.07) is 14.4. The van der Waals surface area contributed by atoms with Gasteiger partial charge in [-0.05, 0) is 41.8 Å². The second-order valence-corrected chi connectivity index (χ2v) is 7.69. The molecule has 0 fully saturated rings. The monoisotopic (exact) mass is 437 g/mol. The normalized spacial score (nSPS) is 11.1. The van der Waals surface area contributed by atoms with Crippen LogP contribution in [0.15, 0.2) is 65.7 Å². The summed E-state index contributed by atoms with van der Waals surface area (Å²) in [5.41, 5.74) is 1.55. The number of carbonyl (C=O) groups excluding carboxylic acids is 1. The van der Waals surface area contributed by atoms with E-state index in [2.05, 4.69) is 29.2 Å². The van der Waals surface area contributed by atoms with Gasteiger partial charge in [0.2, 0.25) is 11.6 Å². The molecule has 0 aliphatic carbocycles. The van der Waals surface area contributed by atoms with Crippen molar-refractivity contribution in [2.24, 2.45) is 0 Å². The molecule has 0 saturated carbocycles. The third kappa shape index (κ3) is 4.59. The Morgan fingerprint density at radius 1 is 1.19 bits per heavy atom. The fourth-order valence-corrected chi connectivity index (χ4v) is 3.21. The number of hydrogen-bond donors (Lipinski definition) is 1. The molecule has 8 nitrogen and oxygen atoms in total. The third-order valence-corrected chi connectivity index (χ3v) is 4.87. The number of hydrogen-bond acceptors (Lipinski definition) is 5. The van der Waals surface area contributed by atoms with E-state index in [1.165, 1.54) is 22.4 Å². The minimum Gasteiger partial charge on any atom is -0.436 e. The average Bonchev–Trinajstić information content (AvgIpc) is 3.05. The highest BCUT2D eigenvalue weighted by Crippen LogP contribution is 2.24. The predicted molar refractivity (Wildman–Crippen MR) is 118 cm³/mol. The van der Waals surface area contributed by atoms with Crippen molar-refractivity contribution in [3.05, 3.63) is 82.0 Å². The number of aromatic nitrogens is 4. The van der Waals surface area contributed by atoms with Crippen LogP contribution in [0.2, 0.25) is 5.02 Å². The van der Waals surface area contributed by atoms with Crippen molar-refractivity contribution in [2.75, 3.05) is 5.32 Å². The zero-order chi connectivity index (χ0) is 22.0. The first-order chi connectivity index (χ1) is 14.9. The molecule has 0 aliphatic heterocycles. The Morgan fingerprint density at radius 2 is 1.97 bits per heavy atom. The fraction of sp³-hybridized carbons (Fsp3) is 0.182. The van der Waals surface area contributed by atoms with Gasteiger partial charge >= 0.3 is 5.69 Å². The van der Waals surface area contributed by atoms with Crippen molar-refractivity contribution in [1.82, 2.24) is 19.2 Å². The molecule has 0 bridgehead atoms. The van der Waals surface area contributed by atoms with Crippen LogP contribution in [0.25, 0.3) is 5.65 Å². The molecule has 158 valence electrons. The lowest BCUT2D eigenvalue weighted by atomic mass is 10.0. The largest absolute Gasteiger partial charge is 0.436 e. The second-order valence-electron chi connectivity index (χ2n) is 7.25. The maximum absolute atomic E-state index is 12.7. The molecule has 0 radical (unpaired) electrons. The molecule has 2 aromatic heterocycles. The van der Waals surface area contributed by atoms with E-state index in [4.69, 9.17) is 16.3 Å². The van der Waals surface area contributed by atoms with Gasteiger partial charge in [0.25, 0.3) is 5.88 Å². The van der Waals surface area contributed by atoms with Crippen LogP contribution in [0.3, 0.4) is 0 Å². The number of halogens is 1. The van der Waals surface area contributed by atoms with Crippen molar-refractivity contribution >= 4 is 28.8 Å². The summed E-state index contributed by atoms with van der Waals surface area (Å²) in [6.07, 6.45) is 2.89. The summed E-state index contributed by atoms with van der Waals surface area (Å²) in [7, 11) is 0. The summed E-state index contributed by atoms with van der Waals surface area (Å²) >= 11 is 5.99. The van der Waals surface area contributed by atoms with Crippen LogP contribution in [0.1, 0.15) is 25.3 Å². The minimum atomic E-state index is -0.473. The van der Waals surface area contributed by atoms with Crippen LogP contribution in [-0.2, 0) is 11.3 Å². The molecular weight excluding hydrogens is 418 g/mol. The van der Waals surface area contributed by atoms with E-state index in [1.54, 1.807) is 24.3 Å². The van der Waals surface area contributed by atoms with Crippen LogP contribution < -0.4 is 15.7 Å². The standard InChI is InChI=1S/C22H20ClN5O3/c1-14(2)15-6-8-17(9-7-15)25-19(29)13-28-22(30)27-11-10-24-21(20(27)26-28)31-18-5-3-4-16(23)12-18/h3-12,14H,13H2,1-2H3,(H,25,29). The number of amides is 1. The minimum absolute atomic E-state index is 0.130. The lowest BCUT2D eigenvalue weighted by Gasteiger charge is -2.08. The fourth-order valence-electron chi connectivity index (χ4n) is 3.03. The van der Waals surface area contributed by atoms with Crippen molar-refractivity contribution in [3.63, 3.8) is 0 Å². The lowest BCUT2D eigenvalue weighted by Crippen LogP contribution is -2.28. The van der Waals surface area contributed by atoms with Crippen LogP contribution in [0, 0.1) is 0 Å². The van der Waals surface area contributed by atoms with Crippen LogP contribution in [0.5, 0.6) is 11.6 Å². The maximum atomic E-state index is 12.7. The molecule has 4 aromatic rings. The van der Waals surface area contributed by atoms with E-state index in [0.29, 0.717) is 22.4 Å². The quantitative estimate of drug-likeness (QED) is 0.490. The average molecular weight is 438 g/mol. The topological polar surface area (TPSA) is 90.5 Å². The summed E-state index contributed by atoms with van der Waals surface area (Å²) in [5.74, 6) is 0.620. The molecule has 9 heteroatoms. The van der Waals surface area contributed by atoms with Gasteiger partial charge in [0.15, 0.2) is 0 Å². The molecule has 0 atom stereocenters. The molecule has 4 rings (SSSR count). The number of anilines is 1. The molecule has 1 N–H and O–H groups in total. The van der Waals surface area contributed by atoms with Gasteiger partial charge in [0.05, 0.1) is 0 Å². The van der Waals surface area contributed by atoms with Gasteiger partial charge in [-0.25, -0.2) is 18.9 Å². The lowest BCUT2D eigenvalue weighted by molar-refractivity contribution is -0.117. The molecule has 0 unspecified atom stereocenters. The highest BCUT2D eigenvalue weighted by Gasteiger charge is 2.16. The van der Waals surface area contributed by atoms with E-state index < -0.39 is 5.69 Å². The van der Waals surface area contributed by atoms with E-state index in [0.717, 1.165) is 4.68 Å². The van der Waals surface area contributed by atoms with Crippen LogP contribution >= 0.6 is 11.6 Å². The summed E-state index contributed by atoms with van der Waals surface area (Å²) in [5, 5.41) is 7.52. The molecule has 2 heterocycles. The Bertz CT molecular complexity index is 1290. The number of rotatable bonds is 6. The van der Waals surface area contributed by atoms with E-state index in [-0.39, 0.29) is 24.0 Å². The Morgan fingerprint density at radius 3 is 2.68 bits per heavy atom. The number of ether oxygens (including phenoxy) is 1. The zero-order valence-corrected chi connectivity index (χ0v) is 17.7. The van der Waals surface area contributed by atoms with Crippen molar-refractivity contribution in [3.8, 4) is 11.6 Å². The Labute approximate surface area is 183 Å². The smallest absolute Gasteiger partial charge is 0.351 e. The Hall–Kier alpha value is -3.65. The second kappa shape index (κ2) is 8.61. The molecule has 2 aromatic carbocycles. The van der Waals surface area contributed by atoms with E-state index >= 15 is 0 Å². The van der Waals surface area contributed by atoms with Gasteiger partial charge in [0, 0.05) is 23.1 Å². The van der Waals surface area contributed by atoms with Gasteiger partial charge in [-0.1, -0.05) is 43.6 Å². The molecule has 0 aliphatic rings. The summed E-state index contributed by atoms with van der Waals surface area (Å²) in [4.78, 5) is 29.3. The Kier molecular flexibility index (Phi) is 5.73. The number of nitrogens with zero attached hydrogens (tertiary/aromatic N) is 4. The van der Waals surface area contributed by atoms with Gasteiger partial charge in [-0.15, -0.1) is 5.10 Å². The van der Waals surface area contributed by atoms with Gasteiger partial charge in [0.1, 0.15) is 12.3 Å². The third-order valence-electron chi connectivity index (χ3n) is 4.63.